The predicted octanol–water partition coefficient (Wildman–Crippen LogP) is 1.32. The molecule has 0 aromatic heterocycles. The Labute approximate surface area is 117 Å². The highest BCUT2D eigenvalue weighted by Crippen LogP contribution is 2.17. The summed E-state index contributed by atoms with van der Waals surface area (Å²) in [6.45, 7) is 7.07. The minimum atomic E-state index is 0.323. The summed E-state index contributed by atoms with van der Waals surface area (Å²) < 4.78 is 0. The van der Waals surface area contributed by atoms with Crippen molar-refractivity contribution in [1.29, 1.82) is 0 Å². The van der Waals surface area contributed by atoms with Crippen molar-refractivity contribution in [3.05, 3.63) is 0 Å². The monoisotopic (exact) mass is 267 g/mol. The Morgan fingerprint density at radius 3 is 2.68 bits per heavy atom. The molecule has 0 radical (unpaired) electrons. The third kappa shape index (κ3) is 4.46. The molecule has 0 saturated carbocycles. The fourth-order valence-corrected chi connectivity index (χ4v) is 3.36. The zero-order valence-electron chi connectivity index (χ0n) is 12.5. The van der Waals surface area contributed by atoms with E-state index in [0.29, 0.717) is 18.5 Å². The van der Waals surface area contributed by atoms with Gasteiger partial charge in [0.1, 0.15) is 0 Å². The molecular formula is C15H29N3O. The van der Waals surface area contributed by atoms with E-state index in [4.69, 9.17) is 0 Å². The normalized spacial score (nSPS) is 25.8. The van der Waals surface area contributed by atoms with E-state index in [1.807, 2.05) is 0 Å². The smallest absolute Gasteiger partial charge is 0.236 e. The Hall–Kier alpha value is -0.610. The van der Waals surface area contributed by atoms with Crippen LogP contribution in [0.2, 0.25) is 0 Å². The van der Waals surface area contributed by atoms with Crippen molar-refractivity contribution in [2.45, 2.75) is 45.1 Å². The van der Waals surface area contributed by atoms with Gasteiger partial charge in [0.05, 0.1) is 6.54 Å². The molecule has 4 nitrogen and oxygen atoms in total. The maximum Gasteiger partial charge on any atom is 0.236 e. The van der Waals surface area contributed by atoms with E-state index in [-0.39, 0.29) is 0 Å². The van der Waals surface area contributed by atoms with Crippen molar-refractivity contribution in [2.24, 2.45) is 5.92 Å². The van der Waals surface area contributed by atoms with Crippen LogP contribution in [0, 0.1) is 5.92 Å². The van der Waals surface area contributed by atoms with E-state index in [1.165, 1.54) is 32.1 Å². The number of amides is 1. The number of hydrogen-bond donors (Lipinski definition) is 1. The Kier molecular flexibility index (Phi) is 5.64. The van der Waals surface area contributed by atoms with Crippen LogP contribution in [0.4, 0.5) is 0 Å². The van der Waals surface area contributed by atoms with Crippen LogP contribution < -0.4 is 5.32 Å². The molecule has 1 atom stereocenters. The molecule has 2 aliphatic rings. The summed E-state index contributed by atoms with van der Waals surface area (Å²) in [5, 5.41) is 3.39. The summed E-state index contributed by atoms with van der Waals surface area (Å²) in [4.78, 5) is 16.6. The Bertz CT molecular complexity index is 289. The molecule has 0 aromatic rings. The fraction of sp³-hybridized carbons (Fsp3) is 0.933. The number of likely N-dealkylation sites (tertiary alicyclic amines) is 1. The summed E-state index contributed by atoms with van der Waals surface area (Å²) >= 11 is 0. The first-order chi connectivity index (χ1) is 9.16. The lowest BCUT2D eigenvalue weighted by molar-refractivity contribution is -0.135. The van der Waals surface area contributed by atoms with Crippen LogP contribution in [0.3, 0.4) is 0 Å². The molecular weight excluding hydrogens is 238 g/mol. The van der Waals surface area contributed by atoms with Crippen molar-refractivity contribution in [1.82, 2.24) is 15.1 Å². The molecule has 2 aliphatic heterocycles. The number of piperidine rings is 2. The van der Waals surface area contributed by atoms with Gasteiger partial charge in [-0.15, -0.1) is 0 Å². The largest absolute Gasteiger partial charge is 0.339 e. The third-order valence-electron chi connectivity index (χ3n) is 4.56. The van der Waals surface area contributed by atoms with Crippen LogP contribution >= 0.6 is 0 Å². The van der Waals surface area contributed by atoms with Crippen LogP contribution in [-0.2, 0) is 4.79 Å². The van der Waals surface area contributed by atoms with E-state index >= 15 is 0 Å². The van der Waals surface area contributed by atoms with Gasteiger partial charge in [0.25, 0.3) is 0 Å². The van der Waals surface area contributed by atoms with Crippen LogP contribution in [0.1, 0.15) is 39.0 Å². The highest BCUT2D eigenvalue weighted by molar-refractivity contribution is 5.78. The van der Waals surface area contributed by atoms with Gasteiger partial charge in [-0.05, 0) is 65.1 Å². The van der Waals surface area contributed by atoms with Gasteiger partial charge in [0, 0.05) is 19.1 Å². The van der Waals surface area contributed by atoms with Crippen LogP contribution in [0.25, 0.3) is 0 Å². The number of carbonyl (C=O) groups excluding carboxylic acids is 1. The van der Waals surface area contributed by atoms with Crippen molar-refractivity contribution < 1.29 is 4.79 Å². The van der Waals surface area contributed by atoms with Crippen molar-refractivity contribution >= 4 is 5.91 Å². The van der Waals surface area contributed by atoms with Crippen molar-refractivity contribution in [3.63, 3.8) is 0 Å². The minimum Gasteiger partial charge on any atom is -0.339 e. The van der Waals surface area contributed by atoms with Crippen LogP contribution in [0.5, 0.6) is 0 Å². The topological polar surface area (TPSA) is 35.6 Å². The molecule has 2 saturated heterocycles. The molecule has 1 unspecified atom stereocenters. The van der Waals surface area contributed by atoms with Gasteiger partial charge in [0.2, 0.25) is 5.91 Å². The molecule has 0 bridgehead atoms. The third-order valence-corrected chi connectivity index (χ3v) is 4.56. The summed E-state index contributed by atoms with van der Waals surface area (Å²) in [6, 6.07) is 0.438. The molecule has 1 amide bonds. The second kappa shape index (κ2) is 7.25. The Morgan fingerprint density at radius 1 is 1.26 bits per heavy atom. The van der Waals surface area contributed by atoms with Crippen molar-refractivity contribution in [3.8, 4) is 0 Å². The van der Waals surface area contributed by atoms with Gasteiger partial charge >= 0.3 is 0 Å². The zero-order valence-corrected chi connectivity index (χ0v) is 12.5. The average molecular weight is 267 g/mol. The molecule has 2 fully saturated rings. The maximum absolute atomic E-state index is 12.3. The van der Waals surface area contributed by atoms with Gasteiger partial charge < -0.3 is 10.2 Å². The zero-order chi connectivity index (χ0) is 13.7. The molecule has 4 heteroatoms. The van der Waals surface area contributed by atoms with E-state index < -0.39 is 0 Å². The van der Waals surface area contributed by atoms with Crippen molar-refractivity contribution in [2.75, 3.05) is 39.8 Å². The first kappa shape index (κ1) is 14.8. The summed E-state index contributed by atoms with van der Waals surface area (Å²) in [6.07, 6.45) is 6.12. The predicted molar refractivity (Wildman–Crippen MR) is 78.1 cm³/mol. The number of carbonyl (C=O) groups is 1. The average Bonchev–Trinajstić information content (AvgIpc) is 2.40. The lowest BCUT2D eigenvalue weighted by Gasteiger charge is -2.35. The maximum atomic E-state index is 12.3. The summed E-state index contributed by atoms with van der Waals surface area (Å²) in [7, 11) is 2.09. The highest BCUT2D eigenvalue weighted by Gasteiger charge is 2.24. The SMILES string of the molecule is CC1CCCCN1C(=O)CN(C)CC1CCNCC1. The lowest BCUT2D eigenvalue weighted by atomic mass is 9.97. The summed E-state index contributed by atoms with van der Waals surface area (Å²) in [5.74, 6) is 1.08. The summed E-state index contributed by atoms with van der Waals surface area (Å²) in [5.41, 5.74) is 0. The van der Waals surface area contributed by atoms with Gasteiger partial charge in [-0.2, -0.15) is 0 Å². The number of hydrogen-bond acceptors (Lipinski definition) is 3. The van der Waals surface area contributed by atoms with E-state index in [0.717, 1.165) is 32.1 Å². The standard InChI is InChI=1S/C15H29N3O/c1-13-5-3-4-10-18(13)15(19)12-17(2)11-14-6-8-16-9-7-14/h13-14,16H,3-12H2,1-2H3. The lowest BCUT2D eigenvalue weighted by Crippen LogP contribution is -2.47. The highest BCUT2D eigenvalue weighted by atomic mass is 16.2. The molecule has 0 spiro atoms. The Morgan fingerprint density at radius 2 is 2.00 bits per heavy atom. The minimum absolute atomic E-state index is 0.323. The molecule has 1 N–H and O–H groups in total. The van der Waals surface area contributed by atoms with Gasteiger partial charge in [-0.1, -0.05) is 0 Å². The quantitative estimate of drug-likeness (QED) is 0.834. The van der Waals surface area contributed by atoms with Crippen LogP contribution in [-0.4, -0.2) is 61.5 Å². The molecule has 0 aliphatic carbocycles. The van der Waals surface area contributed by atoms with E-state index in [1.54, 1.807) is 0 Å². The number of nitrogens with one attached hydrogen (secondary N) is 1. The van der Waals surface area contributed by atoms with E-state index in [2.05, 4.69) is 29.1 Å². The van der Waals surface area contributed by atoms with Gasteiger partial charge in [-0.3, -0.25) is 9.69 Å². The first-order valence-corrected chi connectivity index (χ1v) is 7.85. The van der Waals surface area contributed by atoms with Gasteiger partial charge in [-0.25, -0.2) is 0 Å². The van der Waals surface area contributed by atoms with E-state index in [9.17, 15) is 4.79 Å². The van der Waals surface area contributed by atoms with Crippen LogP contribution in [0.15, 0.2) is 0 Å². The molecule has 0 aromatic carbocycles. The second-order valence-corrected chi connectivity index (χ2v) is 6.32. The fourth-order valence-electron chi connectivity index (χ4n) is 3.36. The van der Waals surface area contributed by atoms with Gasteiger partial charge in [0.15, 0.2) is 0 Å². The number of likely N-dealkylation sites (N-methyl/N-ethyl adjacent to an activating group) is 1. The molecule has 2 heterocycles. The number of rotatable bonds is 4. The molecule has 2 rings (SSSR count). The molecule has 19 heavy (non-hydrogen) atoms. The second-order valence-electron chi connectivity index (χ2n) is 6.32. The molecule has 110 valence electrons. The number of nitrogens with zero attached hydrogens (tertiary/aromatic N) is 2. The first-order valence-electron chi connectivity index (χ1n) is 7.85. The Balaban J connectivity index is 1.74.